The molecule has 5 aromatic rings. The number of aryl methyl sites for hydroxylation is 1. The molecule has 5 rings (SSSR count). The van der Waals surface area contributed by atoms with Crippen LogP contribution >= 0.6 is 0 Å². The van der Waals surface area contributed by atoms with Gasteiger partial charge in [0.1, 0.15) is 18.2 Å². The lowest BCUT2D eigenvalue weighted by molar-refractivity contribution is 0.306. The third-order valence-electron chi connectivity index (χ3n) is 5.24. The Morgan fingerprint density at radius 3 is 2.34 bits per heavy atom. The zero-order valence-electron chi connectivity index (χ0n) is 17.8. The summed E-state index contributed by atoms with van der Waals surface area (Å²) in [7, 11) is 0. The highest BCUT2D eigenvalue weighted by atomic mass is 16.5. The van der Waals surface area contributed by atoms with Crippen LogP contribution in [0.4, 0.5) is 11.5 Å². The molecule has 1 heterocycles. The lowest BCUT2D eigenvalue weighted by Crippen LogP contribution is -2.00. The highest BCUT2D eigenvalue weighted by molar-refractivity contribution is 5.92. The van der Waals surface area contributed by atoms with E-state index in [0.717, 1.165) is 39.3 Å². The van der Waals surface area contributed by atoms with Crippen molar-refractivity contribution >= 4 is 22.4 Å². The third kappa shape index (κ3) is 4.44. The van der Waals surface area contributed by atoms with E-state index in [1.807, 2.05) is 78.9 Å². The van der Waals surface area contributed by atoms with E-state index in [2.05, 4.69) is 36.5 Å². The Bertz CT molecular complexity index is 1350. The molecule has 1 N–H and O–H groups in total. The minimum absolute atomic E-state index is 0.546. The van der Waals surface area contributed by atoms with Crippen molar-refractivity contribution in [3.63, 3.8) is 0 Å². The lowest BCUT2D eigenvalue weighted by Gasteiger charge is -2.12. The summed E-state index contributed by atoms with van der Waals surface area (Å²) in [5.74, 6) is 2.31. The third-order valence-corrected chi connectivity index (χ3v) is 5.24. The summed E-state index contributed by atoms with van der Waals surface area (Å²) >= 11 is 0. The van der Waals surface area contributed by atoms with Crippen molar-refractivity contribution in [1.82, 2.24) is 9.97 Å². The van der Waals surface area contributed by atoms with Crippen molar-refractivity contribution in [2.75, 3.05) is 5.32 Å². The molecule has 0 saturated carbocycles. The molecule has 0 amide bonds. The van der Waals surface area contributed by atoms with E-state index < -0.39 is 0 Å². The van der Waals surface area contributed by atoms with E-state index in [1.165, 1.54) is 5.56 Å². The summed E-state index contributed by atoms with van der Waals surface area (Å²) < 4.78 is 5.90. The quantitative estimate of drug-likeness (QED) is 0.325. The second-order valence-corrected chi connectivity index (χ2v) is 7.71. The lowest BCUT2D eigenvalue weighted by atomic mass is 10.1. The molecule has 0 aliphatic carbocycles. The smallest absolute Gasteiger partial charge is 0.162 e. The first-order chi connectivity index (χ1) is 15.7. The van der Waals surface area contributed by atoms with E-state index in [-0.39, 0.29) is 0 Å². The Kier molecular flexibility index (Phi) is 5.50. The van der Waals surface area contributed by atoms with Crippen LogP contribution in [0.25, 0.3) is 22.3 Å². The Labute approximate surface area is 187 Å². The number of hydrogen-bond donors (Lipinski definition) is 1. The van der Waals surface area contributed by atoms with Crippen molar-refractivity contribution in [1.29, 1.82) is 0 Å². The second kappa shape index (κ2) is 8.90. The summed E-state index contributed by atoms with van der Waals surface area (Å²) in [6.07, 6.45) is 0. The van der Waals surface area contributed by atoms with Gasteiger partial charge >= 0.3 is 0 Å². The van der Waals surface area contributed by atoms with Crippen LogP contribution in [0.5, 0.6) is 5.75 Å². The fraction of sp³-hybridized carbons (Fsp3) is 0.0714. The molecule has 0 aliphatic heterocycles. The van der Waals surface area contributed by atoms with E-state index in [1.54, 1.807) is 0 Å². The number of benzene rings is 4. The molecule has 0 unspecified atom stereocenters. The van der Waals surface area contributed by atoms with Crippen LogP contribution in [0.1, 0.15) is 11.1 Å². The number of ether oxygens (including phenoxy) is 1. The minimum atomic E-state index is 0.546. The molecule has 0 radical (unpaired) electrons. The first-order valence-corrected chi connectivity index (χ1v) is 10.6. The fourth-order valence-corrected chi connectivity index (χ4v) is 3.60. The highest BCUT2D eigenvalue weighted by Crippen LogP contribution is 2.28. The number of anilines is 2. The van der Waals surface area contributed by atoms with Crippen molar-refractivity contribution in [2.24, 2.45) is 0 Å². The van der Waals surface area contributed by atoms with E-state index in [0.29, 0.717) is 12.4 Å². The molecule has 4 nitrogen and oxygen atoms in total. The molecule has 0 bridgehead atoms. The molecule has 0 saturated heterocycles. The summed E-state index contributed by atoms with van der Waals surface area (Å²) in [4.78, 5) is 9.64. The maximum atomic E-state index is 5.90. The van der Waals surface area contributed by atoms with Crippen molar-refractivity contribution < 1.29 is 4.74 Å². The molecule has 4 aromatic carbocycles. The van der Waals surface area contributed by atoms with Gasteiger partial charge < -0.3 is 10.1 Å². The number of hydrogen-bond acceptors (Lipinski definition) is 4. The molecule has 0 fully saturated rings. The van der Waals surface area contributed by atoms with Crippen molar-refractivity contribution in [3.8, 4) is 17.1 Å². The fourth-order valence-electron chi connectivity index (χ4n) is 3.60. The normalized spacial score (nSPS) is 10.8. The van der Waals surface area contributed by atoms with Crippen molar-refractivity contribution in [2.45, 2.75) is 13.5 Å². The second-order valence-electron chi connectivity index (χ2n) is 7.71. The van der Waals surface area contributed by atoms with E-state index in [4.69, 9.17) is 14.7 Å². The number of rotatable bonds is 6. The summed E-state index contributed by atoms with van der Waals surface area (Å²) in [6.45, 7) is 2.62. The van der Waals surface area contributed by atoms with E-state index in [9.17, 15) is 0 Å². The van der Waals surface area contributed by atoms with Crippen LogP contribution in [0.15, 0.2) is 103 Å². The first kappa shape index (κ1) is 19.8. The van der Waals surface area contributed by atoms with Crippen LogP contribution in [-0.4, -0.2) is 9.97 Å². The molecule has 1 aromatic heterocycles. The van der Waals surface area contributed by atoms with Crippen LogP contribution < -0.4 is 10.1 Å². The summed E-state index contributed by atoms with van der Waals surface area (Å²) in [5, 5.41) is 4.45. The van der Waals surface area contributed by atoms with Gasteiger partial charge in [-0.05, 0) is 55.0 Å². The van der Waals surface area contributed by atoms with Gasteiger partial charge in [0.15, 0.2) is 5.82 Å². The first-order valence-electron chi connectivity index (χ1n) is 10.6. The van der Waals surface area contributed by atoms with Crippen LogP contribution in [0.2, 0.25) is 0 Å². The number of nitrogens with zero attached hydrogens (tertiary/aromatic N) is 2. The minimum Gasteiger partial charge on any atom is -0.489 e. The molecule has 0 atom stereocenters. The van der Waals surface area contributed by atoms with Gasteiger partial charge in [-0.15, -0.1) is 0 Å². The molecule has 156 valence electrons. The number of fused-ring (bicyclic) bond motifs is 1. The standard InChI is InChI=1S/C28H23N3O/c1-20-8-7-11-22(18-20)27-30-26-13-6-5-12-25(26)28(31-27)29-23-14-16-24(17-15-23)32-19-21-9-3-2-4-10-21/h2-18H,19H2,1H3,(H,29,30,31). The molecule has 0 spiro atoms. The average Bonchev–Trinajstić information content (AvgIpc) is 2.84. The van der Waals surface area contributed by atoms with Gasteiger partial charge in [-0.2, -0.15) is 0 Å². The Morgan fingerprint density at radius 2 is 1.53 bits per heavy atom. The number of aromatic nitrogens is 2. The van der Waals surface area contributed by atoms with Gasteiger partial charge in [0.2, 0.25) is 0 Å². The van der Waals surface area contributed by atoms with Gasteiger partial charge in [-0.3, -0.25) is 0 Å². The van der Waals surface area contributed by atoms with Crippen LogP contribution in [0, 0.1) is 6.92 Å². The topological polar surface area (TPSA) is 47.0 Å². The molecular formula is C28H23N3O. The van der Waals surface area contributed by atoms with Crippen molar-refractivity contribution in [3.05, 3.63) is 114 Å². The van der Waals surface area contributed by atoms with Gasteiger partial charge in [-0.1, -0.05) is 66.2 Å². The molecule has 4 heteroatoms. The van der Waals surface area contributed by atoms with Crippen LogP contribution in [0.3, 0.4) is 0 Å². The van der Waals surface area contributed by atoms with Gasteiger partial charge in [-0.25, -0.2) is 9.97 Å². The average molecular weight is 418 g/mol. The number of para-hydroxylation sites is 1. The molecule has 32 heavy (non-hydrogen) atoms. The van der Waals surface area contributed by atoms with Gasteiger partial charge in [0.25, 0.3) is 0 Å². The maximum Gasteiger partial charge on any atom is 0.162 e. The summed E-state index contributed by atoms with van der Waals surface area (Å²) in [5.41, 5.74) is 5.18. The monoisotopic (exact) mass is 417 g/mol. The predicted octanol–water partition coefficient (Wildman–Crippen LogP) is 6.93. The van der Waals surface area contributed by atoms with Crippen LogP contribution in [-0.2, 0) is 6.61 Å². The maximum absolute atomic E-state index is 5.90. The Balaban J connectivity index is 1.40. The predicted molar refractivity (Wildman–Crippen MR) is 130 cm³/mol. The SMILES string of the molecule is Cc1cccc(-c2nc(Nc3ccc(OCc4ccccc4)cc3)c3ccccc3n2)c1. The van der Waals surface area contributed by atoms with Gasteiger partial charge in [0.05, 0.1) is 5.52 Å². The highest BCUT2D eigenvalue weighted by Gasteiger charge is 2.10. The summed E-state index contributed by atoms with van der Waals surface area (Å²) in [6, 6.07) is 34.4. The van der Waals surface area contributed by atoms with E-state index >= 15 is 0 Å². The molecule has 0 aliphatic rings. The molecular weight excluding hydrogens is 394 g/mol. The Hall–Kier alpha value is -4.18. The number of nitrogens with one attached hydrogen (secondary N) is 1. The zero-order chi connectivity index (χ0) is 21.8. The van der Waals surface area contributed by atoms with Gasteiger partial charge in [0, 0.05) is 16.6 Å². The zero-order valence-corrected chi connectivity index (χ0v) is 17.8. The largest absolute Gasteiger partial charge is 0.489 e. The Morgan fingerprint density at radius 1 is 0.750 bits per heavy atom.